The number of unbranched alkanes of at least 4 members (excludes halogenated alkanes) is 1. The number of ether oxygens (including phenoxy) is 2. The van der Waals surface area contributed by atoms with Crippen LogP contribution < -0.4 is 30.7 Å². The molecule has 2 aliphatic rings. The van der Waals surface area contributed by atoms with E-state index in [1.54, 1.807) is 62.4 Å². The predicted molar refractivity (Wildman–Crippen MR) is 266 cm³/mol. The number of carbonyl (C=O) groups excluding carboxylic acids is 4. The molecule has 4 aromatic rings. The maximum atomic E-state index is 15.7. The number of benzene rings is 4. The Kier molecular flexibility index (Phi) is 17.3. The molecular weight excluding hydrogens is 881 g/mol. The number of amides is 4. The third kappa shape index (κ3) is 14.8. The van der Waals surface area contributed by atoms with Crippen molar-refractivity contribution in [2.45, 2.75) is 105 Å². The minimum atomic E-state index is -0.552. The van der Waals surface area contributed by atoms with Gasteiger partial charge in [-0.15, -0.1) is 0 Å². The van der Waals surface area contributed by atoms with E-state index in [9.17, 15) is 24.3 Å². The first kappa shape index (κ1) is 52.5. The molecule has 2 fully saturated rings. The molecule has 0 aliphatic heterocycles. The van der Waals surface area contributed by atoms with Gasteiger partial charge >= 0.3 is 0 Å². The van der Waals surface area contributed by atoms with Gasteiger partial charge in [0.25, 0.3) is 23.6 Å². The Balaban J connectivity index is 1.11. The second-order valence-electron chi connectivity index (χ2n) is 21.1. The lowest BCUT2D eigenvalue weighted by atomic mass is 9.86. The van der Waals surface area contributed by atoms with E-state index in [1.807, 2.05) is 39.8 Å². The van der Waals surface area contributed by atoms with Crippen molar-refractivity contribution in [1.29, 1.82) is 0 Å². The Morgan fingerprint density at radius 1 is 0.652 bits per heavy atom. The third-order valence-corrected chi connectivity index (χ3v) is 12.6. The SMILES string of the molecule is Cc1c(F)cc(C(=O)NC2CC2CC(C)(C)CNC(=O)c2ccc(-c3cc(C(=O)NC4CC4)cc(F)c3C)c(OCCCN(C)C)c2)cc1-c1ccc(C(=O)NCC(C)(C)C)cc1OCCCCO. The molecule has 12 nitrogen and oxygen atoms in total. The van der Waals surface area contributed by atoms with Crippen molar-refractivity contribution >= 4 is 23.6 Å². The summed E-state index contributed by atoms with van der Waals surface area (Å²) in [6.07, 6.45) is 5.07. The highest BCUT2D eigenvalue weighted by atomic mass is 19.1. The van der Waals surface area contributed by atoms with Crippen LogP contribution >= 0.6 is 0 Å². The number of carbonyl (C=O) groups is 4. The van der Waals surface area contributed by atoms with E-state index in [-0.39, 0.29) is 70.9 Å². The molecule has 2 unspecified atom stereocenters. The lowest BCUT2D eigenvalue weighted by Crippen LogP contribution is -2.35. The first-order valence-electron chi connectivity index (χ1n) is 24.2. The molecule has 5 N–H and O–H groups in total. The second kappa shape index (κ2) is 22.7. The van der Waals surface area contributed by atoms with Crippen LogP contribution in [0.25, 0.3) is 22.3 Å². The smallest absolute Gasteiger partial charge is 0.251 e. The van der Waals surface area contributed by atoms with Crippen LogP contribution in [0.5, 0.6) is 11.5 Å². The summed E-state index contributed by atoms with van der Waals surface area (Å²) >= 11 is 0. The summed E-state index contributed by atoms with van der Waals surface area (Å²) in [5.74, 6) is -1.44. The highest BCUT2D eigenvalue weighted by molar-refractivity contribution is 5.99. The monoisotopic (exact) mass is 952 g/mol. The zero-order valence-corrected chi connectivity index (χ0v) is 41.8. The van der Waals surface area contributed by atoms with Gasteiger partial charge < -0.3 is 40.7 Å². The molecule has 4 aromatic carbocycles. The first-order chi connectivity index (χ1) is 32.6. The van der Waals surface area contributed by atoms with Gasteiger partial charge in [-0.1, -0.05) is 34.6 Å². The fourth-order valence-electron chi connectivity index (χ4n) is 8.20. The second-order valence-corrected chi connectivity index (χ2v) is 21.1. The van der Waals surface area contributed by atoms with E-state index in [0.29, 0.717) is 95.0 Å². The van der Waals surface area contributed by atoms with Crippen LogP contribution in [0.2, 0.25) is 0 Å². The molecule has 6 rings (SSSR count). The van der Waals surface area contributed by atoms with Crippen LogP contribution in [0.4, 0.5) is 8.78 Å². The van der Waals surface area contributed by atoms with Gasteiger partial charge in [-0.3, -0.25) is 19.2 Å². The number of rotatable bonds is 23. The molecule has 0 heterocycles. The summed E-state index contributed by atoms with van der Waals surface area (Å²) in [5.41, 5.74) is 3.46. The molecule has 2 atom stereocenters. The number of nitrogens with zero attached hydrogens (tertiary/aromatic N) is 1. The van der Waals surface area contributed by atoms with Crippen LogP contribution in [-0.4, -0.2) is 99.3 Å². The van der Waals surface area contributed by atoms with E-state index >= 15 is 8.78 Å². The molecule has 14 heteroatoms. The minimum Gasteiger partial charge on any atom is -0.493 e. The Bertz CT molecular complexity index is 2510. The molecule has 0 radical (unpaired) electrons. The number of nitrogens with one attached hydrogen (secondary N) is 4. The van der Waals surface area contributed by atoms with Gasteiger partial charge in [0.15, 0.2) is 0 Å². The third-order valence-electron chi connectivity index (χ3n) is 12.6. The zero-order chi connectivity index (χ0) is 50.2. The van der Waals surface area contributed by atoms with Crippen molar-refractivity contribution in [1.82, 2.24) is 26.2 Å². The van der Waals surface area contributed by atoms with Crippen LogP contribution in [-0.2, 0) is 0 Å². The highest BCUT2D eigenvalue weighted by Gasteiger charge is 2.42. The maximum absolute atomic E-state index is 15.7. The maximum Gasteiger partial charge on any atom is 0.251 e. The van der Waals surface area contributed by atoms with Crippen LogP contribution in [0.15, 0.2) is 60.7 Å². The molecule has 2 saturated carbocycles. The summed E-state index contributed by atoms with van der Waals surface area (Å²) in [6.45, 7) is 15.7. The lowest BCUT2D eigenvalue weighted by molar-refractivity contribution is 0.0926. The van der Waals surface area contributed by atoms with Gasteiger partial charge in [0.2, 0.25) is 0 Å². The van der Waals surface area contributed by atoms with Gasteiger partial charge in [0, 0.05) is 71.7 Å². The largest absolute Gasteiger partial charge is 0.493 e. The molecule has 69 heavy (non-hydrogen) atoms. The normalized spacial score (nSPS) is 15.7. The van der Waals surface area contributed by atoms with Crippen molar-refractivity contribution in [2.24, 2.45) is 16.7 Å². The average molecular weight is 952 g/mol. The van der Waals surface area contributed by atoms with E-state index in [2.05, 4.69) is 35.1 Å². The van der Waals surface area contributed by atoms with Gasteiger partial charge in [0.1, 0.15) is 23.1 Å². The van der Waals surface area contributed by atoms with Crippen molar-refractivity contribution in [3.8, 4) is 33.8 Å². The Morgan fingerprint density at radius 2 is 1.16 bits per heavy atom. The minimum absolute atomic E-state index is 0.0139. The average Bonchev–Trinajstić information content (AvgIpc) is 4.24. The fraction of sp³-hybridized carbons (Fsp3) is 0.491. The van der Waals surface area contributed by atoms with Crippen LogP contribution in [0.1, 0.15) is 132 Å². The van der Waals surface area contributed by atoms with Crippen LogP contribution in [0, 0.1) is 42.2 Å². The Labute approximate surface area is 406 Å². The predicted octanol–water partition coefficient (Wildman–Crippen LogP) is 9.03. The van der Waals surface area contributed by atoms with Crippen molar-refractivity contribution in [3.05, 3.63) is 106 Å². The zero-order valence-electron chi connectivity index (χ0n) is 41.8. The number of halogens is 2. The quantitative estimate of drug-likeness (QED) is 0.0461. The molecule has 0 aromatic heterocycles. The van der Waals surface area contributed by atoms with E-state index in [1.165, 1.54) is 12.1 Å². The van der Waals surface area contributed by atoms with E-state index < -0.39 is 17.5 Å². The number of hydrogen-bond acceptors (Lipinski definition) is 8. The molecule has 4 amide bonds. The topological polar surface area (TPSA) is 158 Å². The van der Waals surface area contributed by atoms with E-state index in [0.717, 1.165) is 32.2 Å². The molecule has 0 bridgehead atoms. The van der Waals surface area contributed by atoms with E-state index in [4.69, 9.17) is 9.47 Å². The summed E-state index contributed by atoms with van der Waals surface area (Å²) in [7, 11) is 3.95. The first-order valence-corrected chi connectivity index (χ1v) is 24.2. The fourth-order valence-corrected chi connectivity index (χ4v) is 8.20. The highest BCUT2D eigenvalue weighted by Crippen LogP contribution is 2.42. The summed E-state index contributed by atoms with van der Waals surface area (Å²) in [6, 6.07) is 15.9. The summed E-state index contributed by atoms with van der Waals surface area (Å²) < 4.78 is 43.4. The number of hydrogen-bond donors (Lipinski definition) is 5. The summed E-state index contributed by atoms with van der Waals surface area (Å²) in [5, 5.41) is 21.4. The van der Waals surface area contributed by atoms with Crippen LogP contribution in [0.3, 0.4) is 0 Å². The van der Waals surface area contributed by atoms with Crippen molar-refractivity contribution < 1.29 is 42.5 Å². The van der Waals surface area contributed by atoms with Gasteiger partial charge in [-0.05, 0) is 173 Å². The summed E-state index contributed by atoms with van der Waals surface area (Å²) in [4.78, 5) is 55.6. The lowest BCUT2D eigenvalue weighted by Gasteiger charge is -2.25. The number of aliphatic hydroxyl groups excluding tert-OH is 1. The standard InChI is InChI=1S/C55H71F2N5O7/c1-33-43(23-37(25-45(33)56)52(66)60-40-15-16-40)42-18-14-36(29-49(42)69-22-12-19-62(8)9)51(65)59-32-55(6,7)30-39-27-47(39)61-53(67)38-24-44(34(2)46(57)26-38)41-17-13-35(50(64)58-31-54(3,4)5)28-48(41)68-21-11-10-20-63/h13-14,17-18,23-26,28-29,39-40,47,63H,10-12,15-16,19-22,27,30-32H2,1-9H3,(H,58,64)(H,59,65)(H,60,66)(H,61,67). The van der Waals surface area contributed by atoms with Crippen molar-refractivity contribution in [3.63, 3.8) is 0 Å². The molecule has 2 aliphatic carbocycles. The molecule has 372 valence electrons. The van der Waals surface area contributed by atoms with Gasteiger partial charge in [0.05, 0.1) is 13.2 Å². The van der Waals surface area contributed by atoms with Gasteiger partial charge in [-0.2, -0.15) is 0 Å². The molecule has 0 spiro atoms. The Morgan fingerprint density at radius 3 is 1.65 bits per heavy atom. The van der Waals surface area contributed by atoms with Gasteiger partial charge in [-0.25, -0.2) is 8.78 Å². The van der Waals surface area contributed by atoms with Crippen molar-refractivity contribution in [2.75, 3.05) is 53.6 Å². The molecular formula is C55H71F2N5O7. The molecule has 0 saturated heterocycles. The Hall–Kier alpha value is -5.86. The number of aliphatic hydroxyl groups is 1.